The van der Waals surface area contributed by atoms with E-state index in [-0.39, 0.29) is 36.4 Å². The Balaban J connectivity index is 0.00000420. The van der Waals surface area contributed by atoms with Crippen LogP contribution in [-0.4, -0.2) is 57.0 Å². The number of nitrogens with one attached hydrogen (secondary N) is 2. The van der Waals surface area contributed by atoms with Gasteiger partial charge in [0.25, 0.3) is 0 Å². The van der Waals surface area contributed by atoms with E-state index in [0.717, 1.165) is 19.6 Å². The summed E-state index contributed by atoms with van der Waals surface area (Å²) in [6.07, 6.45) is 0. The Hall–Kier alpha value is -1.81. The van der Waals surface area contributed by atoms with E-state index in [4.69, 9.17) is 0 Å². The first-order valence-corrected chi connectivity index (χ1v) is 10.4. The molecule has 0 saturated carbocycles. The Morgan fingerprint density at radius 2 is 1.97 bits per heavy atom. The number of hydrogen-bond donors (Lipinski definition) is 2. The number of nitrogens with zero attached hydrogens (tertiary/aromatic N) is 3. The lowest BCUT2D eigenvalue weighted by Crippen LogP contribution is -2.42. The predicted octanol–water partition coefficient (Wildman–Crippen LogP) is 3.32. The number of likely N-dealkylation sites (N-methyl/N-ethyl adjacent to an activating group) is 2. The predicted molar refractivity (Wildman–Crippen MR) is 135 cm³/mol. The van der Waals surface area contributed by atoms with Gasteiger partial charge in [0, 0.05) is 44.3 Å². The van der Waals surface area contributed by atoms with Crippen LogP contribution in [0.5, 0.6) is 0 Å². The fourth-order valence-electron chi connectivity index (χ4n) is 2.65. The molecule has 2 rings (SSSR count). The van der Waals surface area contributed by atoms with Crippen LogP contribution in [0.2, 0.25) is 0 Å². The maximum absolute atomic E-state index is 11.9. The van der Waals surface area contributed by atoms with Crippen LogP contribution >= 0.6 is 35.3 Å². The van der Waals surface area contributed by atoms with Crippen molar-refractivity contribution in [2.45, 2.75) is 20.4 Å². The average Bonchev–Trinajstić information content (AvgIpc) is 3.20. The largest absolute Gasteiger partial charge is 0.370 e. The molecule has 1 aromatic heterocycles. The molecule has 160 valence electrons. The molecule has 8 heteroatoms. The number of anilines is 1. The lowest BCUT2D eigenvalue weighted by atomic mass is 10.2. The number of carbonyl (C=O) groups excluding carboxylic acids is 1. The van der Waals surface area contributed by atoms with Gasteiger partial charge in [-0.1, -0.05) is 18.2 Å². The molecule has 2 N–H and O–H groups in total. The Labute approximate surface area is 195 Å². The fourth-order valence-corrected chi connectivity index (χ4v) is 3.29. The van der Waals surface area contributed by atoms with E-state index in [1.807, 2.05) is 6.07 Å². The Morgan fingerprint density at radius 1 is 1.17 bits per heavy atom. The van der Waals surface area contributed by atoms with Crippen LogP contribution in [0.15, 0.2) is 46.8 Å². The number of halogens is 1. The van der Waals surface area contributed by atoms with Crippen LogP contribution in [0, 0.1) is 6.92 Å². The lowest BCUT2D eigenvalue weighted by molar-refractivity contribution is -0.127. The van der Waals surface area contributed by atoms with Crippen LogP contribution in [0.3, 0.4) is 0 Å². The van der Waals surface area contributed by atoms with Crippen LogP contribution in [-0.2, 0) is 11.3 Å². The highest BCUT2D eigenvalue weighted by molar-refractivity contribution is 14.0. The van der Waals surface area contributed by atoms with Crippen molar-refractivity contribution in [1.29, 1.82) is 0 Å². The summed E-state index contributed by atoms with van der Waals surface area (Å²) in [5.41, 5.74) is 2.48. The molecule has 1 heterocycles. The van der Waals surface area contributed by atoms with E-state index in [0.29, 0.717) is 12.5 Å². The maximum Gasteiger partial charge on any atom is 0.243 e. The van der Waals surface area contributed by atoms with Crippen molar-refractivity contribution in [2.24, 2.45) is 4.99 Å². The number of aliphatic imine (C=N–C) groups is 1. The highest BCUT2D eigenvalue weighted by Crippen LogP contribution is 2.15. The molecule has 1 amide bonds. The zero-order valence-electron chi connectivity index (χ0n) is 17.6. The Kier molecular flexibility index (Phi) is 11.7. The van der Waals surface area contributed by atoms with Crippen molar-refractivity contribution in [3.63, 3.8) is 0 Å². The minimum Gasteiger partial charge on any atom is -0.370 e. The number of amides is 1. The molecule has 0 spiro atoms. The molecule has 0 saturated heterocycles. The van der Waals surface area contributed by atoms with E-state index in [2.05, 4.69) is 70.1 Å². The van der Waals surface area contributed by atoms with Crippen LogP contribution in [0.1, 0.15) is 17.4 Å². The van der Waals surface area contributed by atoms with Crippen molar-refractivity contribution >= 4 is 52.9 Å². The van der Waals surface area contributed by atoms with Gasteiger partial charge in [-0.3, -0.25) is 4.79 Å². The standard InChI is InChI=1S/C21H31N5OS.HI/c1-5-26(18-9-6-8-17(2)14-18)12-11-22-21(24-16-20(27)25(3)4)23-15-19-10-7-13-28-19;/h6-10,13-14H,5,11-12,15-16H2,1-4H3,(H2,22,23,24);1H. The average molecular weight is 529 g/mol. The first-order valence-electron chi connectivity index (χ1n) is 9.56. The molecule has 0 bridgehead atoms. The van der Waals surface area contributed by atoms with Gasteiger partial charge in [-0.25, -0.2) is 4.99 Å². The normalized spacial score (nSPS) is 10.8. The highest BCUT2D eigenvalue weighted by Gasteiger charge is 2.07. The summed E-state index contributed by atoms with van der Waals surface area (Å²) in [5, 5.41) is 8.73. The third-order valence-electron chi connectivity index (χ3n) is 4.30. The summed E-state index contributed by atoms with van der Waals surface area (Å²) in [4.78, 5) is 21.4. The van der Waals surface area contributed by atoms with E-state index in [1.165, 1.54) is 16.1 Å². The molecule has 6 nitrogen and oxygen atoms in total. The molecule has 0 atom stereocenters. The van der Waals surface area contributed by atoms with Gasteiger partial charge in [-0.05, 0) is 43.0 Å². The van der Waals surface area contributed by atoms with Gasteiger partial charge < -0.3 is 20.4 Å². The van der Waals surface area contributed by atoms with Crippen molar-refractivity contribution in [1.82, 2.24) is 15.5 Å². The summed E-state index contributed by atoms with van der Waals surface area (Å²) in [6, 6.07) is 12.6. The minimum atomic E-state index is -0.0211. The summed E-state index contributed by atoms with van der Waals surface area (Å²) in [7, 11) is 3.48. The fraction of sp³-hybridized carbons (Fsp3) is 0.429. The first-order chi connectivity index (χ1) is 13.5. The lowest BCUT2D eigenvalue weighted by Gasteiger charge is -2.24. The Bertz CT molecular complexity index is 764. The second kappa shape index (κ2) is 13.4. The number of carbonyl (C=O) groups is 1. The van der Waals surface area contributed by atoms with E-state index >= 15 is 0 Å². The molecule has 0 aliphatic heterocycles. The van der Waals surface area contributed by atoms with E-state index in [9.17, 15) is 4.79 Å². The number of rotatable bonds is 9. The van der Waals surface area contributed by atoms with Crippen LogP contribution in [0.4, 0.5) is 5.69 Å². The van der Waals surface area contributed by atoms with Gasteiger partial charge in [0.1, 0.15) is 6.54 Å². The third kappa shape index (κ3) is 9.03. The number of thiophene rings is 1. The van der Waals surface area contributed by atoms with Gasteiger partial charge in [0.2, 0.25) is 5.91 Å². The number of hydrogen-bond acceptors (Lipinski definition) is 4. The number of aryl methyl sites for hydroxylation is 1. The van der Waals surface area contributed by atoms with Crippen molar-refractivity contribution in [2.75, 3.05) is 45.2 Å². The van der Waals surface area contributed by atoms with Crippen molar-refractivity contribution < 1.29 is 4.79 Å². The molecule has 0 unspecified atom stereocenters. The molecular formula is C21H32IN5OS. The quantitative estimate of drug-likeness (QED) is 0.297. The first kappa shape index (κ1) is 25.2. The molecule has 0 fully saturated rings. The molecule has 0 aliphatic carbocycles. The SMILES string of the molecule is CCN(CCNC(=NCC(=O)N(C)C)NCc1cccs1)c1cccc(C)c1.I. The number of benzene rings is 1. The zero-order valence-corrected chi connectivity index (χ0v) is 20.8. The highest BCUT2D eigenvalue weighted by atomic mass is 127. The van der Waals surface area contributed by atoms with Crippen LogP contribution in [0.25, 0.3) is 0 Å². The minimum absolute atomic E-state index is 0. The second-order valence-electron chi connectivity index (χ2n) is 6.73. The second-order valence-corrected chi connectivity index (χ2v) is 7.76. The van der Waals surface area contributed by atoms with E-state index in [1.54, 1.807) is 30.3 Å². The summed E-state index contributed by atoms with van der Waals surface area (Å²) < 4.78 is 0. The molecule has 0 aliphatic rings. The summed E-state index contributed by atoms with van der Waals surface area (Å²) >= 11 is 1.70. The molecular weight excluding hydrogens is 497 g/mol. The zero-order chi connectivity index (χ0) is 20.4. The molecule has 2 aromatic rings. The topological polar surface area (TPSA) is 60.0 Å². The van der Waals surface area contributed by atoms with Crippen molar-refractivity contribution in [3.05, 3.63) is 52.2 Å². The smallest absolute Gasteiger partial charge is 0.243 e. The van der Waals surface area contributed by atoms with Crippen molar-refractivity contribution in [3.8, 4) is 0 Å². The van der Waals surface area contributed by atoms with Gasteiger partial charge in [0.05, 0.1) is 6.54 Å². The Morgan fingerprint density at radius 3 is 2.59 bits per heavy atom. The van der Waals surface area contributed by atoms with E-state index < -0.39 is 0 Å². The van der Waals surface area contributed by atoms with Gasteiger partial charge in [-0.2, -0.15) is 0 Å². The molecule has 29 heavy (non-hydrogen) atoms. The monoisotopic (exact) mass is 529 g/mol. The molecule has 0 radical (unpaired) electrons. The summed E-state index contributed by atoms with van der Waals surface area (Å²) in [6.45, 7) is 7.59. The molecule has 1 aromatic carbocycles. The van der Waals surface area contributed by atoms with Gasteiger partial charge >= 0.3 is 0 Å². The third-order valence-corrected chi connectivity index (χ3v) is 5.18. The van der Waals surface area contributed by atoms with Gasteiger partial charge in [-0.15, -0.1) is 35.3 Å². The van der Waals surface area contributed by atoms with Crippen LogP contribution < -0.4 is 15.5 Å². The number of guanidine groups is 1. The summed E-state index contributed by atoms with van der Waals surface area (Å²) in [5.74, 6) is 0.635. The maximum atomic E-state index is 11.9. The van der Waals surface area contributed by atoms with Gasteiger partial charge in [0.15, 0.2) is 5.96 Å².